The average molecular weight is 338 g/mol. The van der Waals surface area contributed by atoms with Gasteiger partial charge >= 0.3 is 0 Å². The minimum atomic E-state index is -1.24. The van der Waals surface area contributed by atoms with Crippen LogP contribution in [0.15, 0.2) is 24.4 Å². The normalized spacial score (nSPS) is 17.7. The number of aliphatic hydroxyl groups excluding tert-OH is 1. The van der Waals surface area contributed by atoms with Gasteiger partial charge in [-0.25, -0.2) is 13.8 Å². The molecule has 23 heavy (non-hydrogen) atoms. The van der Waals surface area contributed by atoms with Crippen LogP contribution in [0.5, 0.6) is 0 Å². The summed E-state index contributed by atoms with van der Waals surface area (Å²) in [6.07, 6.45) is 4.29. The third kappa shape index (κ3) is 3.59. The molecule has 0 bridgehead atoms. The first-order chi connectivity index (χ1) is 11.1. The summed E-state index contributed by atoms with van der Waals surface area (Å²) < 4.78 is 27.5. The molecule has 1 aromatic carbocycles. The van der Waals surface area contributed by atoms with Crippen molar-refractivity contribution in [2.24, 2.45) is 0 Å². The number of rotatable bonds is 6. The smallest absolute Gasteiger partial charge is 0.132 e. The summed E-state index contributed by atoms with van der Waals surface area (Å²) in [7, 11) is 0. The molecule has 2 atom stereocenters. The average Bonchev–Trinajstić information content (AvgIpc) is 2.91. The first-order valence-electron chi connectivity index (χ1n) is 7.86. The molecule has 124 valence electrons. The predicted octanol–water partition coefficient (Wildman–Crippen LogP) is 3.90. The van der Waals surface area contributed by atoms with Crippen molar-refractivity contribution >= 4 is 11.3 Å². The van der Waals surface area contributed by atoms with Crippen LogP contribution in [-0.2, 0) is 6.54 Å². The predicted molar refractivity (Wildman–Crippen MR) is 86.3 cm³/mol. The lowest BCUT2D eigenvalue weighted by molar-refractivity contribution is 0.127. The summed E-state index contributed by atoms with van der Waals surface area (Å²) in [6.45, 7) is 2.24. The third-order valence-corrected chi connectivity index (χ3v) is 5.55. The summed E-state index contributed by atoms with van der Waals surface area (Å²) in [5.74, 6) is -0.850. The van der Waals surface area contributed by atoms with Gasteiger partial charge in [0.2, 0.25) is 0 Å². The van der Waals surface area contributed by atoms with Gasteiger partial charge in [0.1, 0.15) is 11.6 Å². The van der Waals surface area contributed by atoms with Crippen molar-refractivity contribution < 1.29 is 13.9 Å². The largest absolute Gasteiger partial charge is 0.387 e. The van der Waals surface area contributed by atoms with Gasteiger partial charge < -0.3 is 10.4 Å². The highest BCUT2D eigenvalue weighted by Gasteiger charge is 2.24. The number of nitrogens with zero attached hydrogens (tertiary/aromatic N) is 1. The van der Waals surface area contributed by atoms with Crippen molar-refractivity contribution in [3.63, 3.8) is 0 Å². The van der Waals surface area contributed by atoms with E-state index in [1.165, 1.54) is 30.3 Å². The molecule has 1 aliphatic rings. The van der Waals surface area contributed by atoms with Gasteiger partial charge in [0.05, 0.1) is 16.7 Å². The van der Waals surface area contributed by atoms with Crippen LogP contribution < -0.4 is 5.32 Å². The molecule has 6 heteroatoms. The van der Waals surface area contributed by atoms with Gasteiger partial charge in [0.25, 0.3) is 0 Å². The van der Waals surface area contributed by atoms with E-state index in [4.69, 9.17) is 0 Å². The van der Waals surface area contributed by atoms with Crippen LogP contribution in [0.2, 0.25) is 0 Å². The Hall–Kier alpha value is -1.37. The van der Waals surface area contributed by atoms with Crippen LogP contribution in [0.3, 0.4) is 0 Å². The molecule has 1 saturated carbocycles. The first kappa shape index (κ1) is 16.5. The molecule has 3 nitrogen and oxygen atoms in total. The standard InChI is InChI=1S/C17H20F2N2OS/c1-10(16(22)15-13(18)6-3-7-14(15)19)20-8-12-9-21-17(23-12)11-4-2-5-11/h3,6-7,9-11,16,20,22H,2,4-5,8H2,1H3/t10-,16-/m1/s1. The van der Waals surface area contributed by atoms with E-state index < -0.39 is 23.8 Å². The molecule has 0 amide bonds. The highest BCUT2D eigenvalue weighted by molar-refractivity contribution is 7.11. The molecule has 1 aliphatic carbocycles. The van der Waals surface area contributed by atoms with Gasteiger partial charge in [0.15, 0.2) is 0 Å². The topological polar surface area (TPSA) is 45.2 Å². The summed E-state index contributed by atoms with van der Waals surface area (Å²) in [4.78, 5) is 5.51. The number of nitrogens with one attached hydrogen (secondary N) is 1. The van der Waals surface area contributed by atoms with Crippen molar-refractivity contribution in [1.29, 1.82) is 0 Å². The van der Waals surface area contributed by atoms with Crippen molar-refractivity contribution in [2.45, 2.75) is 50.8 Å². The maximum Gasteiger partial charge on any atom is 0.132 e. The number of aromatic nitrogens is 1. The Morgan fingerprint density at radius 3 is 2.65 bits per heavy atom. The molecule has 0 spiro atoms. The zero-order valence-electron chi connectivity index (χ0n) is 12.9. The van der Waals surface area contributed by atoms with Gasteiger partial charge in [0, 0.05) is 29.6 Å². The van der Waals surface area contributed by atoms with Gasteiger partial charge in [-0.05, 0) is 31.9 Å². The van der Waals surface area contributed by atoms with Crippen molar-refractivity contribution in [3.8, 4) is 0 Å². The molecular formula is C17H20F2N2OS. The highest BCUT2D eigenvalue weighted by Crippen LogP contribution is 2.38. The summed E-state index contributed by atoms with van der Waals surface area (Å²) in [5.41, 5.74) is -0.285. The SMILES string of the molecule is C[C@@H](NCc1cnc(C2CCC2)s1)[C@@H](O)c1c(F)cccc1F. The van der Waals surface area contributed by atoms with E-state index in [9.17, 15) is 13.9 Å². The Morgan fingerprint density at radius 1 is 1.35 bits per heavy atom. The maximum absolute atomic E-state index is 13.7. The lowest BCUT2D eigenvalue weighted by Crippen LogP contribution is -2.32. The Labute approximate surface area is 138 Å². The molecule has 0 radical (unpaired) electrons. The molecule has 0 unspecified atom stereocenters. The van der Waals surface area contributed by atoms with Crippen LogP contribution in [0.4, 0.5) is 8.78 Å². The second kappa shape index (κ2) is 7.03. The second-order valence-corrected chi connectivity index (χ2v) is 7.19. The van der Waals surface area contributed by atoms with Gasteiger partial charge in [-0.1, -0.05) is 12.5 Å². The van der Waals surface area contributed by atoms with E-state index in [0.717, 1.165) is 17.0 Å². The zero-order chi connectivity index (χ0) is 16.4. The molecule has 1 fully saturated rings. The van der Waals surface area contributed by atoms with Gasteiger partial charge in [-0.2, -0.15) is 0 Å². The lowest BCUT2D eigenvalue weighted by Gasteiger charge is -2.22. The Bertz CT molecular complexity index is 652. The van der Waals surface area contributed by atoms with Crippen LogP contribution in [-0.4, -0.2) is 16.1 Å². The minimum Gasteiger partial charge on any atom is -0.387 e. The molecule has 1 aromatic heterocycles. The lowest BCUT2D eigenvalue weighted by atomic mass is 9.86. The van der Waals surface area contributed by atoms with E-state index >= 15 is 0 Å². The molecule has 0 aliphatic heterocycles. The molecular weight excluding hydrogens is 318 g/mol. The second-order valence-electron chi connectivity index (χ2n) is 6.04. The van der Waals surface area contributed by atoms with Crippen molar-refractivity contribution in [2.75, 3.05) is 0 Å². The van der Waals surface area contributed by atoms with Crippen LogP contribution in [0.1, 0.15) is 53.7 Å². The fraction of sp³-hybridized carbons (Fsp3) is 0.471. The van der Waals surface area contributed by atoms with E-state index in [1.807, 2.05) is 6.20 Å². The molecule has 0 saturated heterocycles. The fourth-order valence-electron chi connectivity index (χ4n) is 2.66. The molecule has 1 heterocycles. The van der Waals surface area contributed by atoms with E-state index in [1.54, 1.807) is 18.3 Å². The Balaban J connectivity index is 1.60. The summed E-state index contributed by atoms with van der Waals surface area (Å²) in [6, 6.07) is 3.12. The molecule has 3 rings (SSSR count). The van der Waals surface area contributed by atoms with Gasteiger partial charge in [-0.15, -0.1) is 11.3 Å². The van der Waals surface area contributed by atoms with Crippen LogP contribution >= 0.6 is 11.3 Å². The Morgan fingerprint density at radius 2 is 2.04 bits per heavy atom. The molecule has 2 aromatic rings. The molecule has 2 N–H and O–H groups in total. The van der Waals surface area contributed by atoms with Crippen molar-refractivity contribution in [3.05, 3.63) is 51.5 Å². The number of benzene rings is 1. The monoisotopic (exact) mass is 338 g/mol. The van der Waals surface area contributed by atoms with E-state index in [-0.39, 0.29) is 5.56 Å². The van der Waals surface area contributed by atoms with Crippen LogP contribution in [0, 0.1) is 11.6 Å². The zero-order valence-corrected chi connectivity index (χ0v) is 13.7. The summed E-state index contributed by atoms with van der Waals surface area (Å²) >= 11 is 1.67. The quantitative estimate of drug-likeness (QED) is 0.840. The van der Waals surface area contributed by atoms with Crippen LogP contribution in [0.25, 0.3) is 0 Å². The Kier molecular flexibility index (Phi) is 5.04. The van der Waals surface area contributed by atoms with Gasteiger partial charge in [-0.3, -0.25) is 0 Å². The number of thiazole rings is 1. The highest BCUT2D eigenvalue weighted by atomic mass is 32.1. The van der Waals surface area contributed by atoms with E-state index in [2.05, 4.69) is 10.3 Å². The number of hydrogen-bond donors (Lipinski definition) is 2. The van der Waals surface area contributed by atoms with E-state index in [0.29, 0.717) is 12.5 Å². The first-order valence-corrected chi connectivity index (χ1v) is 8.68. The maximum atomic E-state index is 13.7. The number of hydrogen-bond acceptors (Lipinski definition) is 4. The number of aliphatic hydroxyl groups is 1. The third-order valence-electron chi connectivity index (χ3n) is 4.39. The fourth-order valence-corrected chi connectivity index (χ4v) is 3.70. The summed E-state index contributed by atoms with van der Waals surface area (Å²) in [5, 5.41) is 14.5. The van der Waals surface area contributed by atoms with Crippen molar-refractivity contribution in [1.82, 2.24) is 10.3 Å². The minimum absolute atomic E-state index is 0.285. The number of halogens is 2.